The largest absolute Gasteiger partial charge is 0.419 e. The Labute approximate surface area is 99.4 Å². The van der Waals surface area contributed by atoms with E-state index in [9.17, 15) is 13.2 Å². The van der Waals surface area contributed by atoms with Crippen LogP contribution in [0.4, 0.5) is 18.9 Å². The predicted octanol–water partition coefficient (Wildman–Crippen LogP) is 0.437. The van der Waals surface area contributed by atoms with E-state index in [-0.39, 0.29) is 5.95 Å². The van der Waals surface area contributed by atoms with Crippen LogP contribution in [0.5, 0.6) is 0 Å². The third-order valence-corrected chi connectivity index (χ3v) is 2.03. The summed E-state index contributed by atoms with van der Waals surface area (Å²) in [6.07, 6.45) is -0.0445. The summed E-state index contributed by atoms with van der Waals surface area (Å²) in [5.74, 6) is 0.0544. The molecule has 0 radical (unpaired) electrons. The lowest BCUT2D eigenvalue weighted by Crippen LogP contribution is -2.76. The molecule has 0 fully saturated rings. The highest BCUT2D eigenvalue weighted by atomic mass is 19.4. The van der Waals surface area contributed by atoms with Crippen LogP contribution in [0.25, 0.3) is 5.95 Å². The summed E-state index contributed by atoms with van der Waals surface area (Å²) in [4.78, 5) is 12.5. The average molecular weight is 260 g/mol. The van der Waals surface area contributed by atoms with E-state index in [2.05, 4.69) is 15.1 Å². The van der Waals surface area contributed by atoms with E-state index < -0.39 is 11.7 Å². The molecule has 2 rings (SSSR count). The van der Waals surface area contributed by atoms with E-state index in [1.807, 2.05) is 0 Å². The van der Waals surface area contributed by atoms with Crippen LogP contribution < -0.4 is 5.48 Å². The Kier molecular flexibility index (Phi) is 3.26. The molecule has 2 aromatic heterocycles. The fourth-order valence-electron chi connectivity index (χ4n) is 1.23. The highest BCUT2D eigenvalue weighted by Crippen LogP contribution is 2.28. The normalized spacial score (nSPS) is 11.8. The van der Waals surface area contributed by atoms with Crippen molar-refractivity contribution in [1.29, 1.82) is 0 Å². The SMILES string of the molecule is CO[NH2+]c1cnc(-n2cc(C(F)(F)F)cn2)nc1. The zero-order valence-corrected chi connectivity index (χ0v) is 9.22. The van der Waals surface area contributed by atoms with Gasteiger partial charge in [-0.15, -0.1) is 0 Å². The highest BCUT2D eigenvalue weighted by molar-refractivity contribution is 5.24. The lowest BCUT2D eigenvalue weighted by Gasteiger charge is -2.01. The molecule has 6 nitrogen and oxygen atoms in total. The molecule has 2 N–H and O–H groups in total. The summed E-state index contributed by atoms with van der Waals surface area (Å²) in [6.45, 7) is 0. The van der Waals surface area contributed by atoms with Crippen molar-refractivity contribution in [2.75, 3.05) is 7.11 Å². The summed E-state index contributed by atoms with van der Waals surface area (Å²) in [6, 6.07) is 0. The summed E-state index contributed by atoms with van der Waals surface area (Å²) < 4.78 is 38.1. The van der Waals surface area contributed by atoms with Crippen molar-refractivity contribution < 1.29 is 23.5 Å². The van der Waals surface area contributed by atoms with E-state index in [0.29, 0.717) is 5.69 Å². The maximum atomic E-state index is 12.4. The molecule has 2 heterocycles. The Morgan fingerprint density at radius 3 is 2.39 bits per heavy atom. The summed E-state index contributed by atoms with van der Waals surface area (Å²) in [5.41, 5.74) is 1.16. The molecule has 0 aliphatic carbocycles. The molecule has 0 saturated heterocycles. The molecular weight excluding hydrogens is 251 g/mol. The smallest absolute Gasteiger partial charge is 0.213 e. The Morgan fingerprint density at radius 1 is 1.22 bits per heavy atom. The molecular formula is C9H9F3N5O+. The zero-order valence-electron chi connectivity index (χ0n) is 9.22. The van der Waals surface area contributed by atoms with Crippen molar-refractivity contribution >= 4 is 5.69 Å². The van der Waals surface area contributed by atoms with Crippen LogP contribution in [0.3, 0.4) is 0 Å². The van der Waals surface area contributed by atoms with Gasteiger partial charge in [0, 0.05) is 6.20 Å². The van der Waals surface area contributed by atoms with Crippen LogP contribution in [-0.4, -0.2) is 26.9 Å². The zero-order chi connectivity index (χ0) is 13.2. The van der Waals surface area contributed by atoms with Gasteiger partial charge >= 0.3 is 6.18 Å². The molecule has 9 heteroatoms. The second kappa shape index (κ2) is 4.70. The standard InChI is InChI=1S/C9H8F3N5O/c1-18-16-7-3-13-8(14-4-7)17-5-6(2-15-17)9(10,11)12/h2-5,16H,1H3/p+1. The number of halogens is 3. The molecule has 0 bridgehead atoms. The molecule has 0 aliphatic rings. The fourth-order valence-corrected chi connectivity index (χ4v) is 1.23. The first-order valence-electron chi connectivity index (χ1n) is 4.81. The monoisotopic (exact) mass is 260 g/mol. The van der Waals surface area contributed by atoms with Gasteiger partial charge in [-0.3, -0.25) is 0 Å². The molecule has 0 spiro atoms. The van der Waals surface area contributed by atoms with Crippen LogP contribution in [0.2, 0.25) is 0 Å². The van der Waals surface area contributed by atoms with Crippen molar-refractivity contribution in [1.82, 2.24) is 19.7 Å². The van der Waals surface area contributed by atoms with Crippen molar-refractivity contribution in [3.8, 4) is 5.95 Å². The lowest BCUT2D eigenvalue weighted by atomic mass is 10.4. The van der Waals surface area contributed by atoms with E-state index in [4.69, 9.17) is 4.84 Å². The van der Waals surface area contributed by atoms with E-state index in [0.717, 1.165) is 17.1 Å². The van der Waals surface area contributed by atoms with Crippen molar-refractivity contribution in [3.63, 3.8) is 0 Å². The van der Waals surface area contributed by atoms with Crippen LogP contribution >= 0.6 is 0 Å². The molecule has 0 aromatic carbocycles. The molecule has 0 unspecified atom stereocenters. The van der Waals surface area contributed by atoms with Gasteiger partial charge in [0.15, 0.2) is 5.69 Å². The summed E-state index contributed by atoms with van der Waals surface area (Å²) in [5, 5.41) is 3.56. The fraction of sp³-hybridized carbons (Fsp3) is 0.222. The summed E-state index contributed by atoms with van der Waals surface area (Å²) in [7, 11) is 1.47. The predicted molar refractivity (Wildman–Crippen MR) is 52.8 cm³/mol. The number of hydrogen-bond donors (Lipinski definition) is 1. The van der Waals surface area contributed by atoms with Crippen LogP contribution in [0.15, 0.2) is 24.8 Å². The topological polar surface area (TPSA) is 69.4 Å². The number of nitrogens with zero attached hydrogens (tertiary/aromatic N) is 4. The van der Waals surface area contributed by atoms with E-state index >= 15 is 0 Å². The quantitative estimate of drug-likeness (QED) is 0.813. The van der Waals surface area contributed by atoms with Gasteiger partial charge in [0.1, 0.15) is 0 Å². The maximum Gasteiger partial charge on any atom is 0.419 e. The first-order chi connectivity index (χ1) is 8.50. The Bertz CT molecular complexity index is 522. The number of nitrogens with two attached hydrogens (primary N) is 1. The molecule has 0 aliphatic heterocycles. The lowest BCUT2D eigenvalue weighted by molar-refractivity contribution is -0.830. The van der Waals surface area contributed by atoms with Gasteiger partial charge in [-0.1, -0.05) is 0 Å². The third-order valence-electron chi connectivity index (χ3n) is 2.03. The van der Waals surface area contributed by atoms with Gasteiger partial charge in [0.05, 0.1) is 31.3 Å². The minimum atomic E-state index is -4.43. The maximum absolute atomic E-state index is 12.4. The number of rotatable bonds is 3. The number of aromatic nitrogens is 4. The van der Waals surface area contributed by atoms with Gasteiger partial charge in [-0.25, -0.2) is 19.5 Å². The molecule has 96 valence electrons. The van der Waals surface area contributed by atoms with Gasteiger partial charge in [-0.05, 0) is 0 Å². The van der Waals surface area contributed by atoms with E-state index in [1.54, 1.807) is 0 Å². The Morgan fingerprint density at radius 2 is 1.89 bits per heavy atom. The number of hydrogen-bond acceptors (Lipinski definition) is 4. The third kappa shape index (κ3) is 2.63. The van der Waals surface area contributed by atoms with Crippen molar-refractivity contribution in [3.05, 3.63) is 30.4 Å². The van der Waals surface area contributed by atoms with Crippen LogP contribution in [0.1, 0.15) is 5.56 Å². The Hall–Kier alpha value is -2.00. The number of quaternary nitrogens is 1. The molecule has 2 aromatic rings. The van der Waals surface area contributed by atoms with Gasteiger partial charge in [0.2, 0.25) is 0 Å². The second-order valence-electron chi connectivity index (χ2n) is 3.34. The Balaban J connectivity index is 2.23. The molecule has 18 heavy (non-hydrogen) atoms. The van der Waals surface area contributed by atoms with Crippen molar-refractivity contribution in [2.45, 2.75) is 6.18 Å². The minimum absolute atomic E-state index is 0.0544. The molecule has 0 atom stereocenters. The first kappa shape index (κ1) is 12.5. The summed E-state index contributed by atoms with van der Waals surface area (Å²) >= 11 is 0. The van der Waals surface area contributed by atoms with Gasteiger partial charge in [-0.2, -0.15) is 23.8 Å². The molecule has 0 amide bonds. The molecule has 0 saturated carbocycles. The first-order valence-corrected chi connectivity index (χ1v) is 4.81. The highest BCUT2D eigenvalue weighted by Gasteiger charge is 2.32. The van der Waals surface area contributed by atoms with Crippen LogP contribution in [0, 0.1) is 0 Å². The van der Waals surface area contributed by atoms with Crippen LogP contribution in [-0.2, 0) is 11.0 Å². The average Bonchev–Trinajstić information content (AvgIpc) is 2.79. The van der Waals surface area contributed by atoms with E-state index in [1.165, 1.54) is 25.0 Å². The number of alkyl halides is 3. The minimum Gasteiger partial charge on any atom is -0.213 e. The van der Waals surface area contributed by atoms with Crippen molar-refractivity contribution in [2.24, 2.45) is 0 Å². The van der Waals surface area contributed by atoms with Gasteiger partial charge < -0.3 is 0 Å². The second-order valence-corrected chi connectivity index (χ2v) is 3.34. The van der Waals surface area contributed by atoms with Gasteiger partial charge in [0.25, 0.3) is 5.95 Å².